The first-order valence-corrected chi connectivity index (χ1v) is 6.53. The lowest BCUT2D eigenvalue weighted by atomic mass is 10.0. The standard InChI is InChI=1S/C13H28N2/c1-6-8-11(4)15(12(5)14)13(7-2)9-10(13)3/h10-12H,6-9,14H2,1-5H3. The fourth-order valence-electron chi connectivity index (χ4n) is 3.31. The monoisotopic (exact) mass is 212 g/mol. The van der Waals surface area contributed by atoms with Crippen LogP contribution in [0, 0.1) is 5.92 Å². The molecule has 0 aromatic rings. The molecule has 0 radical (unpaired) electrons. The van der Waals surface area contributed by atoms with Crippen molar-refractivity contribution < 1.29 is 0 Å². The molecular weight excluding hydrogens is 184 g/mol. The van der Waals surface area contributed by atoms with Gasteiger partial charge >= 0.3 is 0 Å². The molecule has 1 fully saturated rings. The Labute approximate surface area is 95.2 Å². The molecule has 0 aliphatic heterocycles. The zero-order valence-corrected chi connectivity index (χ0v) is 11.1. The average molecular weight is 212 g/mol. The Morgan fingerprint density at radius 2 is 1.93 bits per heavy atom. The van der Waals surface area contributed by atoms with Crippen molar-refractivity contribution in [1.82, 2.24) is 4.90 Å². The van der Waals surface area contributed by atoms with E-state index < -0.39 is 0 Å². The molecule has 1 aliphatic carbocycles. The predicted octanol–water partition coefficient (Wildman–Crippen LogP) is 2.97. The summed E-state index contributed by atoms with van der Waals surface area (Å²) in [5.74, 6) is 0.827. The minimum Gasteiger partial charge on any atom is -0.316 e. The third-order valence-electron chi connectivity index (χ3n) is 4.16. The van der Waals surface area contributed by atoms with Gasteiger partial charge in [-0.15, -0.1) is 0 Å². The van der Waals surface area contributed by atoms with Crippen LogP contribution < -0.4 is 5.73 Å². The topological polar surface area (TPSA) is 29.3 Å². The van der Waals surface area contributed by atoms with Crippen LogP contribution >= 0.6 is 0 Å². The van der Waals surface area contributed by atoms with Crippen LogP contribution in [0.4, 0.5) is 0 Å². The lowest BCUT2D eigenvalue weighted by Gasteiger charge is -2.40. The van der Waals surface area contributed by atoms with Gasteiger partial charge in [-0.3, -0.25) is 4.90 Å². The van der Waals surface area contributed by atoms with Gasteiger partial charge in [0.1, 0.15) is 0 Å². The van der Waals surface area contributed by atoms with Crippen molar-refractivity contribution in [3.05, 3.63) is 0 Å². The van der Waals surface area contributed by atoms with Crippen LogP contribution in [0.15, 0.2) is 0 Å². The first-order chi connectivity index (χ1) is 6.99. The van der Waals surface area contributed by atoms with E-state index in [0.29, 0.717) is 11.6 Å². The van der Waals surface area contributed by atoms with Gasteiger partial charge in [0.05, 0.1) is 6.17 Å². The molecule has 1 rings (SSSR count). The summed E-state index contributed by atoms with van der Waals surface area (Å²) in [5.41, 5.74) is 6.58. The molecule has 0 bridgehead atoms. The molecule has 0 aromatic carbocycles. The van der Waals surface area contributed by atoms with Gasteiger partial charge in [-0.2, -0.15) is 0 Å². The Bertz CT molecular complexity index is 199. The lowest BCUT2D eigenvalue weighted by Crippen LogP contribution is -2.53. The van der Waals surface area contributed by atoms with E-state index in [1.165, 1.54) is 25.7 Å². The highest BCUT2D eigenvalue weighted by atomic mass is 15.3. The molecule has 0 heterocycles. The Kier molecular flexibility index (Phi) is 4.19. The summed E-state index contributed by atoms with van der Waals surface area (Å²) < 4.78 is 0. The van der Waals surface area contributed by atoms with Gasteiger partial charge in [-0.1, -0.05) is 27.2 Å². The van der Waals surface area contributed by atoms with Crippen molar-refractivity contribution in [3.8, 4) is 0 Å². The second-order valence-electron chi connectivity index (χ2n) is 5.35. The summed E-state index contributed by atoms with van der Waals surface area (Å²) in [5, 5.41) is 0. The Balaban J connectivity index is 2.74. The molecule has 0 amide bonds. The van der Waals surface area contributed by atoms with E-state index in [1.54, 1.807) is 0 Å². The number of hydrogen-bond donors (Lipinski definition) is 1. The summed E-state index contributed by atoms with van der Waals surface area (Å²) in [6, 6.07) is 0.625. The average Bonchev–Trinajstić information content (AvgIpc) is 2.78. The molecule has 1 aliphatic rings. The number of hydrogen-bond acceptors (Lipinski definition) is 2. The largest absolute Gasteiger partial charge is 0.316 e. The zero-order valence-electron chi connectivity index (χ0n) is 11.1. The van der Waals surface area contributed by atoms with E-state index >= 15 is 0 Å². The Hall–Kier alpha value is -0.0800. The van der Waals surface area contributed by atoms with Crippen molar-refractivity contribution in [3.63, 3.8) is 0 Å². The minimum atomic E-state index is 0.191. The van der Waals surface area contributed by atoms with Gasteiger partial charge in [0.15, 0.2) is 0 Å². The Morgan fingerprint density at radius 1 is 1.40 bits per heavy atom. The number of nitrogens with two attached hydrogens (primary N) is 1. The molecular formula is C13H28N2. The number of nitrogens with zero attached hydrogens (tertiary/aromatic N) is 1. The Morgan fingerprint density at radius 3 is 2.20 bits per heavy atom. The summed E-state index contributed by atoms with van der Waals surface area (Å²) >= 11 is 0. The molecule has 0 aromatic heterocycles. The van der Waals surface area contributed by atoms with Crippen LogP contribution in [-0.2, 0) is 0 Å². The molecule has 4 atom stereocenters. The normalized spacial score (nSPS) is 34.2. The minimum absolute atomic E-state index is 0.191. The first-order valence-electron chi connectivity index (χ1n) is 6.53. The maximum atomic E-state index is 6.16. The third-order valence-corrected chi connectivity index (χ3v) is 4.16. The smallest absolute Gasteiger partial charge is 0.0550 e. The van der Waals surface area contributed by atoms with Gasteiger partial charge in [0.25, 0.3) is 0 Å². The van der Waals surface area contributed by atoms with E-state index in [2.05, 4.69) is 39.5 Å². The van der Waals surface area contributed by atoms with Gasteiger partial charge in [-0.25, -0.2) is 0 Å². The van der Waals surface area contributed by atoms with Crippen LogP contribution in [-0.4, -0.2) is 22.6 Å². The fraction of sp³-hybridized carbons (Fsp3) is 1.00. The number of rotatable bonds is 6. The molecule has 0 saturated heterocycles. The van der Waals surface area contributed by atoms with Crippen molar-refractivity contribution in [2.45, 2.75) is 78.0 Å². The summed E-state index contributed by atoms with van der Waals surface area (Å²) in [4.78, 5) is 2.57. The molecule has 90 valence electrons. The zero-order chi connectivity index (χ0) is 11.6. The summed E-state index contributed by atoms with van der Waals surface area (Å²) in [6.45, 7) is 11.4. The van der Waals surface area contributed by atoms with Crippen LogP contribution in [0.5, 0.6) is 0 Å². The van der Waals surface area contributed by atoms with Gasteiger partial charge in [0, 0.05) is 11.6 Å². The van der Waals surface area contributed by atoms with Crippen LogP contribution in [0.2, 0.25) is 0 Å². The lowest BCUT2D eigenvalue weighted by molar-refractivity contribution is 0.0642. The van der Waals surface area contributed by atoms with Gasteiger partial charge < -0.3 is 5.73 Å². The molecule has 1 saturated carbocycles. The highest BCUT2D eigenvalue weighted by Crippen LogP contribution is 2.52. The maximum absolute atomic E-state index is 6.16. The van der Waals surface area contributed by atoms with Crippen molar-refractivity contribution in [2.24, 2.45) is 11.7 Å². The second kappa shape index (κ2) is 4.84. The third kappa shape index (κ3) is 2.36. The second-order valence-corrected chi connectivity index (χ2v) is 5.35. The summed E-state index contributed by atoms with van der Waals surface area (Å²) in [6.07, 6.45) is 5.27. The molecule has 4 unspecified atom stereocenters. The van der Waals surface area contributed by atoms with E-state index in [4.69, 9.17) is 5.73 Å². The predicted molar refractivity (Wildman–Crippen MR) is 66.7 cm³/mol. The van der Waals surface area contributed by atoms with E-state index in [-0.39, 0.29) is 6.17 Å². The summed E-state index contributed by atoms with van der Waals surface area (Å²) in [7, 11) is 0. The highest BCUT2D eigenvalue weighted by Gasteiger charge is 2.55. The van der Waals surface area contributed by atoms with Gasteiger partial charge in [0.2, 0.25) is 0 Å². The maximum Gasteiger partial charge on any atom is 0.0550 e. The van der Waals surface area contributed by atoms with E-state index in [1.807, 2.05) is 0 Å². The van der Waals surface area contributed by atoms with Crippen molar-refractivity contribution in [1.29, 1.82) is 0 Å². The van der Waals surface area contributed by atoms with Crippen LogP contribution in [0.1, 0.15) is 60.3 Å². The van der Waals surface area contributed by atoms with Gasteiger partial charge in [-0.05, 0) is 39.0 Å². The molecule has 2 nitrogen and oxygen atoms in total. The first kappa shape index (κ1) is 13.0. The molecule has 2 N–H and O–H groups in total. The van der Waals surface area contributed by atoms with Crippen molar-refractivity contribution in [2.75, 3.05) is 0 Å². The molecule has 15 heavy (non-hydrogen) atoms. The molecule has 2 heteroatoms. The SMILES string of the molecule is CCCC(C)N(C(C)N)C1(CC)CC1C. The van der Waals surface area contributed by atoms with Crippen LogP contribution in [0.3, 0.4) is 0 Å². The van der Waals surface area contributed by atoms with Crippen LogP contribution in [0.25, 0.3) is 0 Å². The van der Waals surface area contributed by atoms with Crippen molar-refractivity contribution >= 4 is 0 Å². The van der Waals surface area contributed by atoms with E-state index in [9.17, 15) is 0 Å². The van der Waals surface area contributed by atoms with E-state index in [0.717, 1.165) is 5.92 Å². The highest BCUT2D eigenvalue weighted by molar-refractivity contribution is 5.10. The quantitative estimate of drug-likeness (QED) is 0.686. The molecule has 0 spiro atoms. The fourth-order valence-corrected chi connectivity index (χ4v) is 3.31.